The number of carbonyl (C=O) groups excluding carboxylic acids is 1. The molecule has 0 aliphatic heterocycles. The topological polar surface area (TPSA) is 69.0 Å². The molecule has 180 valence electrons. The molecule has 1 aromatic heterocycles. The van der Waals surface area contributed by atoms with Gasteiger partial charge in [-0.05, 0) is 67.3 Å². The summed E-state index contributed by atoms with van der Waals surface area (Å²) in [5, 5.41) is 8.16. The van der Waals surface area contributed by atoms with Crippen LogP contribution in [0, 0.1) is 0 Å². The van der Waals surface area contributed by atoms with Crippen LogP contribution in [0.3, 0.4) is 0 Å². The zero-order chi connectivity index (χ0) is 24.6. The molecule has 1 heterocycles. The van der Waals surface area contributed by atoms with Crippen molar-refractivity contribution in [2.75, 3.05) is 17.8 Å². The summed E-state index contributed by atoms with van der Waals surface area (Å²) < 4.78 is 7.55. The number of ether oxygens (including phenoxy) is 1. The first-order chi connectivity index (χ1) is 17.0. The van der Waals surface area contributed by atoms with Crippen LogP contribution in [0.4, 0.5) is 5.69 Å². The molecule has 0 radical (unpaired) electrons. The average Bonchev–Trinajstić information content (AvgIpc) is 3.30. The average molecular weight is 530 g/mol. The van der Waals surface area contributed by atoms with Crippen molar-refractivity contribution in [3.05, 3.63) is 88.4 Å². The van der Waals surface area contributed by atoms with E-state index in [2.05, 4.69) is 27.5 Å². The van der Waals surface area contributed by atoms with Crippen molar-refractivity contribution < 1.29 is 9.53 Å². The molecule has 0 aliphatic carbocycles. The molecule has 4 rings (SSSR count). The van der Waals surface area contributed by atoms with Gasteiger partial charge in [-0.25, -0.2) is 4.68 Å². The van der Waals surface area contributed by atoms with E-state index in [1.165, 1.54) is 5.56 Å². The van der Waals surface area contributed by atoms with E-state index in [1.54, 1.807) is 28.9 Å². The van der Waals surface area contributed by atoms with Crippen LogP contribution in [0.15, 0.2) is 72.8 Å². The highest BCUT2D eigenvalue weighted by atomic mass is 35.5. The molecule has 4 aromatic rings. The minimum Gasteiger partial charge on any atom is -0.462 e. The number of carbonyl (C=O) groups is 1. The number of benzene rings is 3. The van der Waals surface area contributed by atoms with Crippen LogP contribution < -0.4 is 10.1 Å². The Bertz CT molecular complexity index is 1280. The summed E-state index contributed by atoms with van der Waals surface area (Å²) in [6.45, 7) is 0.501. The zero-order valence-corrected chi connectivity index (χ0v) is 21.0. The van der Waals surface area contributed by atoms with Crippen molar-refractivity contribution in [3.63, 3.8) is 0 Å². The molecule has 1 N–H and O–H groups in total. The van der Waals surface area contributed by atoms with Crippen molar-refractivity contribution in [1.29, 1.82) is 0 Å². The van der Waals surface area contributed by atoms with Gasteiger partial charge in [0, 0.05) is 11.3 Å². The van der Waals surface area contributed by atoms with Gasteiger partial charge in [0.05, 0.1) is 22.3 Å². The van der Waals surface area contributed by atoms with Gasteiger partial charge in [0.15, 0.2) is 5.82 Å². The van der Waals surface area contributed by atoms with Crippen molar-refractivity contribution in [2.45, 2.75) is 19.3 Å². The van der Waals surface area contributed by atoms with Crippen LogP contribution in [-0.2, 0) is 11.2 Å². The second-order valence-corrected chi connectivity index (χ2v) is 8.86. The maximum atomic E-state index is 11.6. The number of aryl methyl sites for hydroxylation is 1. The molecule has 0 fully saturated rings. The summed E-state index contributed by atoms with van der Waals surface area (Å²) in [5.74, 6) is 0.165. The van der Waals surface area contributed by atoms with Gasteiger partial charge in [0.25, 0.3) is 0 Å². The Balaban J connectivity index is 1.51. The monoisotopic (exact) mass is 528 g/mol. The molecule has 0 saturated heterocycles. The highest BCUT2D eigenvalue weighted by molar-refractivity contribution is 6.42. The van der Waals surface area contributed by atoms with Gasteiger partial charge in [-0.3, -0.25) is 4.79 Å². The highest BCUT2D eigenvalue weighted by Gasteiger charge is 2.16. The van der Waals surface area contributed by atoms with Crippen molar-refractivity contribution in [2.24, 2.45) is 0 Å². The molecule has 6 nitrogen and oxygen atoms in total. The molecule has 9 heteroatoms. The van der Waals surface area contributed by atoms with E-state index in [4.69, 9.17) is 39.5 Å². The fourth-order valence-corrected chi connectivity index (χ4v) is 3.84. The number of rotatable bonds is 10. The molecular formula is C26H23Cl3N4O2. The number of alkyl halides is 1. The second-order valence-electron chi connectivity index (χ2n) is 7.78. The lowest BCUT2D eigenvalue weighted by atomic mass is 10.1. The Morgan fingerprint density at radius 1 is 0.943 bits per heavy atom. The molecule has 0 unspecified atom stereocenters. The van der Waals surface area contributed by atoms with E-state index in [0.29, 0.717) is 28.2 Å². The molecular weight excluding hydrogens is 507 g/mol. The Hall–Kier alpha value is -3.06. The summed E-state index contributed by atoms with van der Waals surface area (Å²) in [4.78, 5) is 16.2. The Morgan fingerprint density at radius 3 is 2.43 bits per heavy atom. The van der Waals surface area contributed by atoms with Crippen molar-refractivity contribution in [1.82, 2.24) is 14.8 Å². The van der Waals surface area contributed by atoms with Crippen LogP contribution in [0.5, 0.6) is 6.01 Å². The summed E-state index contributed by atoms with van der Waals surface area (Å²) in [6.07, 6.45) is 2.87. The van der Waals surface area contributed by atoms with E-state index in [0.717, 1.165) is 30.5 Å². The normalized spacial score (nSPS) is 10.8. The number of hydrogen-bond acceptors (Lipinski definition) is 4. The number of amides is 1. The van der Waals surface area contributed by atoms with Crippen LogP contribution in [0.2, 0.25) is 10.0 Å². The van der Waals surface area contributed by atoms with Crippen LogP contribution in [0.1, 0.15) is 18.4 Å². The predicted molar refractivity (Wildman–Crippen MR) is 141 cm³/mol. The van der Waals surface area contributed by atoms with Gasteiger partial charge in [-0.15, -0.1) is 16.7 Å². The number of halogens is 3. The largest absolute Gasteiger partial charge is 0.462 e. The third-order valence-corrected chi connectivity index (χ3v) is 6.20. The lowest BCUT2D eigenvalue weighted by Gasteiger charge is -2.08. The van der Waals surface area contributed by atoms with E-state index in [1.807, 2.05) is 36.4 Å². The fraction of sp³-hybridized carbons (Fsp3) is 0.192. The fourth-order valence-electron chi connectivity index (χ4n) is 3.48. The minimum atomic E-state index is -0.278. The quantitative estimate of drug-likeness (QED) is 0.181. The lowest BCUT2D eigenvalue weighted by Crippen LogP contribution is -2.12. The standard InChI is InChI=1S/C26H23Cl3N4O2/c27-17-24(34)30-20-10-12-21(13-11-20)33-25(19-9-14-22(28)23(29)16-19)31-26(32-33)35-15-5-4-8-18-6-2-1-3-7-18/h1-3,6-7,9-14,16H,4-5,8,15,17H2,(H,30,34). The molecule has 35 heavy (non-hydrogen) atoms. The number of aromatic nitrogens is 3. The van der Waals surface area contributed by atoms with Gasteiger partial charge in [0.2, 0.25) is 5.91 Å². The summed E-state index contributed by atoms with van der Waals surface area (Å²) >= 11 is 17.9. The predicted octanol–water partition coefficient (Wildman–Crippen LogP) is 6.82. The first kappa shape index (κ1) is 25.0. The molecule has 3 aromatic carbocycles. The van der Waals surface area contributed by atoms with Gasteiger partial charge in [-0.1, -0.05) is 53.5 Å². The number of nitrogens with zero attached hydrogens (tertiary/aromatic N) is 3. The zero-order valence-electron chi connectivity index (χ0n) is 18.8. The summed E-state index contributed by atoms with van der Waals surface area (Å²) in [7, 11) is 0. The molecule has 0 spiro atoms. The molecule has 0 bridgehead atoms. The van der Waals surface area contributed by atoms with Crippen molar-refractivity contribution >= 4 is 46.4 Å². The van der Waals surface area contributed by atoms with Crippen LogP contribution in [-0.4, -0.2) is 33.2 Å². The Labute approximate surface area is 218 Å². The Morgan fingerprint density at radius 2 is 1.71 bits per heavy atom. The number of hydrogen-bond donors (Lipinski definition) is 1. The minimum absolute atomic E-state index is 0.113. The first-order valence-electron chi connectivity index (χ1n) is 11.1. The van der Waals surface area contributed by atoms with Gasteiger partial charge < -0.3 is 10.1 Å². The second kappa shape index (κ2) is 12.1. The third-order valence-electron chi connectivity index (χ3n) is 5.22. The highest BCUT2D eigenvalue weighted by Crippen LogP contribution is 2.30. The van der Waals surface area contributed by atoms with Crippen LogP contribution in [0.25, 0.3) is 17.1 Å². The lowest BCUT2D eigenvalue weighted by molar-refractivity contribution is -0.113. The van der Waals surface area contributed by atoms with Crippen LogP contribution >= 0.6 is 34.8 Å². The molecule has 0 saturated carbocycles. The first-order valence-corrected chi connectivity index (χ1v) is 12.4. The van der Waals surface area contributed by atoms with E-state index >= 15 is 0 Å². The van der Waals surface area contributed by atoms with E-state index in [-0.39, 0.29) is 17.8 Å². The molecule has 1 amide bonds. The maximum Gasteiger partial charge on any atom is 0.336 e. The number of nitrogens with one attached hydrogen (secondary N) is 1. The van der Waals surface area contributed by atoms with Crippen molar-refractivity contribution in [3.8, 4) is 23.1 Å². The maximum absolute atomic E-state index is 11.6. The van der Waals surface area contributed by atoms with Gasteiger partial charge in [-0.2, -0.15) is 4.98 Å². The SMILES string of the molecule is O=C(CCl)Nc1ccc(-n2nc(OCCCCc3ccccc3)nc2-c2ccc(Cl)c(Cl)c2)cc1. The van der Waals surface area contributed by atoms with E-state index in [9.17, 15) is 4.79 Å². The van der Waals surface area contributed by atoms with Gasteiger partial charge in [0.1, 0.15) is 5.88 Å². The Kier molecular flexibility index (Phi) is 8.64. The number of anilines is 1. The molecule has 0 aliphatic rings. The summed E-state index contributed by atoms with van der Waals surface area (Å²) in [5.41, 5.74) is 3.42. The van der Waals surface area contributed by atoms with Gasteiger partial charge >= 0.3 is 6.01 Å². The van der Waals surface area contributed by atoms with E-state index < -0.39 is 0 Å². The third kappa shape index (κ3) is 6.75. The smallest absolute Gasteiger partial charge is 0.336 e. The summed E-state index contributed by atoms with van der Waals surface area (Å²) in [6, 6.07) is 23.1. The molecule has 0 atom stereocenters. The number of unbranched alkanes of at least 4 members (excludes halogenated alkanes) is 1.